The molecule has 2 rings (SSSR count). The number of carbonyl (C=O) groups excluding carboxylic acids is 1. The molecule has 1 unspecified atom stereocenters. The van der Waals surface area contributed by atoms with Gasteiger partial charge in [-0.05, 0) is 18.9 Å². The van der Waals surface area contributed by atoms with E-state index in [0.717, 1.165) is 0 Å². The van der Waals surface area contributed by atoms with Crippen molar-refractivity contribution in [2.75, 3.05) is 0 Å². The van der Waals surface area contributed by atoms with Crippen LogP contribution in [-0.4, -0.2) is 19.9 Å². The minimum absolute atomic E-state index is 0.0163. The molecule has 96 valence electrons. The predicted octanol–water partition coefficient (Wildman–Crippen LogP) is 2.04. The van der Waals surface area contributed by atoms with Crippen molar-refractivity contribution in [2.24, 2.45) is 16.2 Å². The molecular formula is C13H15NO3S. The molecule has 0 saturated carbocycles. The first-order chi connectivity index (χ1) is 8.34. The van der Waals surface area contributed by atoms with Gasteiger partial charge in [0.2, 0.25) is 0 Å². The summed E-state index contributed by atoms with van der Waals surface area (Å²) in [4.78, 5) is 11.9. The Hall–Kier alpha value is -1.49. The van der Waals surface area contributed by atoms with E-state index in [-0.39, 0.29) is 16.6 Å². The number of rotatable bonds is 3. The average molecular weight is 265 g/mol. The van der Waals surface area contributed by atoms with Crippen LogP contribution in [0, 0.1) is 11.8 Å². The van der Waals surface area contributed by atoms with E-state index in [1.165, 1.54) is 13.0 Å². The molecule has 5 heteroatoms. The minimum atomic E-state index is -3.63. The van der Waals surface area contributed by atoms with Gasteiger partial charge in [0.25, 0.3) is 10.0 Å². The SMILES string of the molecule is CC(=O)C(C1=NS(=O)(=O)c2ccccc21)C(C)C. The van der Waals surface area contributed by atoms with Crippen molar-refractivity contribution < 1.29 is 13.2 Å². The maximum atomic E-state index is 11.9. The summed E-state index contributed by atoms with van der Waals surface area (Å²) in [6, 6.07) is 6.65. The van der Waals surface area contributed by atoms with Gasteiger partial charge in [-0.15, -0.1) is 0 Å². The second kappa shape index (κ2) is 4.31. The van der Waals surface area contributed by atoms with Gasteiger partial charge in [-0.2, -0.15) is 12.8 Å². The zero-order chi connectivity index (χ0) is 13.5. The lowest BCUT2D eigenvalue weighted by molar-refractivity contribution is -0.119. The molecule has 0 fully saturated rings. The first-order valence-electron chi connectivity index (χ1n) is 5.79. The first-order valence-corrected chi connectivity index (χ1v) is 7.23. The van der Waals surface area contributed by atoms with E-state index in [1.54, 1.807) is 18.2 Å². The second-order valence-corrected chi connectivity index (χ2v) is 6.35. The molecule has 1 aliphatic rings. The molecule has 18 heavy (non-hydrogen) atoms. The number of fused-ring (bicyclic) bond motifs is 1. The van der Waals surface area contributed by atoms with E-state index >= 15 is 0 Å². The highest BCUT2D eigenvalue weighted by Gasteiger charge is 2.35. The zero-order valence-electron chi connectivity index (χ0n) is 10.5. The van der Waals surface area contributed by atoms with Crippen molar-refractivity contribution in [1.82, 2.24) is 0 Å². The van der Waals surface area contributed by atoms with Crippen LogP contribution in [-0.2, 0) is 14.8 Å². The summed E-state index contributed by atoms with van der Waals surface area (Å²) >= 11 is 0. The van der Waals surface area contributed by atoms with Crippen LogP contribution in [0.15, 0.2) is 33.6 Å². The van der Waals surface area contributed by atoms with E-state index in [4.69, 9.17) is 0 Å². The highest BCUT2D eigenvalue weighted by atomic mass is 32.2. The molecule has 0 radical (unpaired) electrons. The normalized spacial score (nSPS) is 18.3. The fraction of sp³-hybridized carbons (Fsp3) is 0.385. The molecule has 4 nitrogen and oxygen atoms in total. The predicted molar refractivity (Wildman–Crippen MR) is 69.2 cm³/mol. The van der Waals surface area contributed by atoms with Gasteiger partial charge in [-0.25, -0.2) is 0 Å². The third-order valence-electron chi connectivity index (χ3n) is 3.06. The van der Waals surface area contributed by atoms with E-state index < -0.39 is 15.9 Å². The lowest BCUT2D eigenvalue weighted by Crippen LogP contribution is -2.27. The molecule has 1 atom stereocenters. The average Bonchev–Trinajstić information content (AvgIpc) is 2.51. The molecule has 1 heterocycles. The van der Waals surface area contributed by atoms with E-state index in [0.29, 0.717) is 11.3 Å². The number of nitrogens with zero attached hydrogens (tertiary/aromatic N) is 1. The van der Waals surface area contributed by atoms with Crippen LogP contribution in [0.4, 0.5) is 0 Å². The highest BCUT2D eigenvalue weighted by Crippen LogP contribution is 2.31. The minimum Gasteiger partial charge on any atom is -0.299 e. The summed E-state index contributed by atoms with van der Waals surface area (Å²) < 4.78 is 27.6. The number of Topliss-reactive ketones (excluding diaryl/α,β-unsaturated/α-hetero) is 1. The van der Waals surface area contributed by atoms with Crippen LogP contribution in [0.5, 0.6) is 0 Å². The molecule has 1 aliphatic heterocycles. The van der Waals surface area contributed by atoms with Gasteiger partial charge < -0.3 is 0 Å². The number of ketones is 1. The van der Waals surface area contributed by atoms with Crippen molar-refractivity contribution in [3.63, 3.8) is 0 Å². The van der Waals surface area contributed by atoms with Crippen LogP contribution < -0.4 is 0 Å². The van der Waals surface area contributed by atoms with E-state index in [1.807, 2.05) is 13.8 Å². The Morgan fingerprint density at radius 1 is 1.22 bits per heavy atom. The Kier molecular flexibility index (Phi) is 3.11. The third kappa shape index (κ3) is 1.99. The van der Waals surface area contributed by atoms with E-state index in [9.17, 15) is 13.2 Å². The number of hydrogen-bond donors (Lipinski definition) is 0. The quantitative estimate of drug-likeness (QED) is 0.840. The van der Waals surface area contributed by atoms with Crippen molar-refractivity contribution in [1.29, 1.82) is 0 Å². The van der Waals surface area contributed by atoms with Crippen molar-refractivity contribution in [2.45, 2.75) is 25.7 Å². The fourth-order valence-electron chi connectivity index (χ4n) is 2.33. The Morgan fingerprint density at radius 2 is 1.83 bits per heavy atom. The largest absolute Gasteiger partial charge is 0.299 e. The van der Waals surface area contributed by atoms with Crippen molar-refractivity contribution >= 4 is 21.5 Å². The molecule has 1 aromatic carbocycles. The standard InChI is InChI=1S/C13H15NO3S/c1-8(2)12(9(3)15)13-10-6-4-5-7-11(10)18(16,17)14-13/h4-8,12H,1-3H3. The molecule has 0 aromatic heterocycles. The molecule has 0 N–H and O–H groups in total. The number of sulfonamides is 1. The van der Waals surface area contributed by atoms with Gasteiger partial charge in [0.15, 0.2) is 0 Å². The van der Waals surface area contributed by atoms with E-state index in [2.05, 4.69) is 4.40 Å². The summed E-state index contributed by atoms with van der Waals surface area (Å²) in [5, 5.41) is 0. The zero-order valence-corrected chi connectivity index (χ0v) is 11.4. The fourth-order valence-corrected chi connectivity index (χ4v) is 3.60. The molecule has 0 bridgehead atoms. The second-order valence-electron chi connectivity index (χ2n) is 4.78. The van der Waals surface area contributed by atoms with Crippen LogP contribution in [0.3, 0.4) is 0 Å². The number of hydrogen-bond acceptors (Lipinski definition) is 3. The van der Waals surface area contributed by atoms with Crippen LogP contribution in [0.2, 0.25) is 0 Å². The maximum Gasteiger partial charge on any atom is 0.283 e. The number of carbonyl (C=O) groups is 1. The molecular weight excluding hydrogens is 250 g/mol. The summed E-state index contributed by atoms with van der Waals surface area (Å²) in [7, 11) is -3.63. The smallest absolute Gasteiger partial charge is 0.283 e. The molecule has 0 aliphatic carbocycles. The summed E-state index contributed by atoms with van der Waals surface area (Å²) in [5.74, 6) is -0.512. The van der Waals surface area contributed by atoms with Gasteiger partial charge in [0.05, 0.1) is 16.5 Å². The summed E-state index contributed by atoms with van der Waals surface area (Å²) in [6.07, 6.45) is 0. The Labute approximate surface area is 107 Å². The first kappa shape index (κ1) is 13.0. The van der Waals surface area contributed by atoms with Gasteiger partial charge in [0.1, 0.15) is 5.78 Å². The lowest BCUT2D eigenvalue weighted by Gasteiger charge is -2.17. The van der Waals surface area contributed by atoms with Gasteiger partial charge in [-0.3, -0.25) is 4.79 Å². The third-order valence-corrected chi connectivity index (χ3v) is 4.41. The van der Waals surface area contributed by atoms with Crippen LogP contribution in [0.1, 0.15) is 26.3 Å². The van der Waals surface area contributed by atoms with Crippen LogP contribution in [0.25, 0.3) is 0 Å². The Balaban J connectivity index is 2.64. The summed E-state index contributed by atoms with van der Waals surface area (Å²) in [6.45, 7) is 5.25. The van der Waals surface area contributed by atoms with Crippen molar-refractivity contribution in [3.05, 3.63) is 29.8 Å². The van der Waals surface area contributed by atoms with Crippen molar-refractivity contribution in [3.8, 4) is 0 Å². The molecule has 0 spiro atoms. The highest BCUT2D eigenvalue weighted by molar-refractivity contribution is 7.90. The van der Waals surface area contributed by atoms with Crippen LogP contribution >= 0.6 is 0 Å². The summed E-state index contributed by atoms with van der Waals surface area (Å²) in [5.41, 5.74) is 0.944. The molecule has 0 amide bonds. The van der Waals surface area contributed by atoms with Gasteiger partial charge in [0, 0.05) is 5.56 Å². The molecule has 0 saturated heterocycles. The lowest BCUT2D eigenvalue weighted by atomic mass is 9.84. The maximum absolute atomic E-state index is 11.9. The Bertz CT molecular complexity index is 629. The monoisotopic (exact) mass is 265 g/mol. The van der Waals surface area contributed by atoms with Gasteiger partial charge in [-0.1, -0.05) is 32.0 Å². The number of benzene rings is 1. The van der Waals surface area contributed by atoms with Gasteiger partial charge >= 0.3 is 0 Å². The topological polar surface area (TPSA) is 63.6 Å². The molecule has 1 aromatic rings. The Morgan fingerprint density at radius 3 is 2.39 bits per heavy atom.